The molecule has 0 aromatic rings. The number of carbonyl (C=O) groups is 9. The lowest BCUT2D eigenvalue weighted by atomic mass is 10.0. The number of nitrogens with zero attached hydrogens (tertiary/aromatic N) is 4. The predicted octanol–water partition coefficient (Wildman–Crippen LogP) is 11.5. The number of aliphatic hydroxyl groups is 4. The number of hydrogen-bond acceptors (Lipinski definition) is 16. The fourth-order valence-corrected chi connectivity index (χ4v) is 15.7. The van der Waals surface area contributed by atoms with Crippen LogP contribution in [0.3, 0.4) is 0 Å². The van der Waals surface area contributed by atoms with Gasteiger partial charge in [-0.3, -0.25) is 38.4 Å². The van der Waals surface area contributed by atoms with Crippen molar-refractivity contribution in [1.82, 2.24) is 30.2 Å². The van der Waals surface area contributed by atoms with Gasteiger partial charge in [0.25, 0.3) is 0 Å². The first kappa shape index (κ1) is 87.8. The summed E-state index contributed by atoms with van der Waals surface area (Å²) in [6.07, 6.45) is 40.7. The Morgan fingerprint density at radius 3 is 1.19 bits per heavy atom. The van der Waals surface area contributed by atoms with Crippen molar-refractivity contribution in [3.05, 3.63) is 0 Å². The van der Waals surface area contributed by atoms with Crippen molar-refractivity contribution in [3.8, 4) is 0 Å². The van der Waals surface area contributed by atoms with E-state index in [1.54, 1.807) is 0 Å². The van der Waals surface area contributed by atoms with Gasteiger partial charge in [-0.15, -0.1) is 0 Å². The van der Waals surface area contributed by atoms with Gasteiger partial charge >= 0.3 is 17.9 Å². The van der Waals surface area contributed by atoms with Crippen molar-refractivity contribution in [2.24, 2.45) is 0 Å². The fraction of sp³-hybridized carbons (Fsp3) is 0.883. The Kier molecular flexibility index (Phi) is 46.7. The molecule has 22 nitrogen and oxygen atoms in total. The van der Waals surface area contributed by atoms with Crippen LogP contribution in [0.1, 0.15) is 323 Å². The quantitative estimate of drug-likeness (QED) is 0.0220. The molecule has 4 unspecified atom stereocenters. The molecule has 4 saturated heterocycles. The number of carboxylic acids is 1. The molecule has 0 saturated carbocycles. The molecule has 0 aliphatic carbocycles. The van der Waals surface area contributed by atoms with Gasteiger partial charge in [0.15, 0.2) is 0 Å². The van der Waals surface area contributed by atoms with Gasteiger partial charge in [-0.25, -0.2) is 4.79 Å². The lowest BCUT2D eigenvalue weighted by molar-refractivity contribution is -0.157. The molecule has 4 fully saturated rings. The van der Waals surface area contributed by atoms with Crippen molar-refractivity contribution in [3.63, 3.8) is 0 Å². The number of hydrogen-bond donors (Lipinski definition) is 7. The summed E-state index contributed by atoms with van der Waals surface area (Å²) in [5, 5.41) is 58.9. The monoisotopic (exact) mass is 1430 g/mol. The van der Waals surface area contributed by atoms with Gasteiger partial charge in [-0.1, -0.05) is 252 Å². The number of β-amino-alcohol motifs (C(OH)–C–C–N with tert-alkyl or cyclic N) is 3. The summed E-state index contributed by atoms with van der Waals surface area (Å²) < 4.78 is 11.7. The second-order valence-electron chi connectivity index (χ2n) is 29.4. The van der Waals surface area contributed by atoms with Crippen molar-refractivity contribution < 1.29 is 78.2 Å². The fourth-order valence-electron chi connectivity index (χ4n) is 14.7. The zero-order valence-corrected chi connectivity index (χ0v) is 62.9. The largest absolute Gasteiger partial charge is 0.480 e. The minimum atomic E-state index is -1.69. The number of esters is 2. The van der Waals surface area contributed by atoms with E-state index in [1.165, 1.54) is 184 Å². The van der Waals surface area contributed by atoms with Crippen LogP contribution in [-0.2, 0) is 52.6 Å². The summed E-state index contributed by atoms with van der Waals surface area (Å²) in [5.41, 5.74) is 0. The van der Waals surface area contributed by atoms with Crippen molar-refractivity contribution >= 4 is 65.1 Å². The minimum absolute atomic E-state index is 0.0837. The molecule has 4 rings (SSSR count). The van der Waals surface area contributed by atoms with Gasteiger partial charge in [0, 0.05) is 76.2 Å². The highest BCUT2D eigenvalue weighted by Crippen LogP contribution is 2.32. The molecule has 4 aliphatic rings. The maximum atomic E-state index is 14.7. The third-order valence-electron chi connectivity index (χ3n) is 20.6. The van der Waals surface area contributed by atoms with Gasteiger partial charge in [0.05, 0.1) is 24.9 Å². The summed E-state index contributed by atoms with van der Waals surface area (Å²) in [6, 6.07) is -8.12. The Hall–Kier alpha value is -4.58. The van der Waals surface area contributed by atoms with Crippen LogP contribution in [0, 0.1) is 0 Å². The first-order valence-corrected chi connectivity index (χ1v) is 41.2. The van der Waals surface area contributed by atoms with E-state index < -0.39 is 127 Å². The average molecular weight is 1430 g/mol. The molecule has 4 heterocycles. The van der Waals surface area contributed by atoms with Crippen molar-refractivity contribution in [2.45, 2.75) is 383 Å². The molecular weight excluding hydrogens is 1300 g/mol. The second kappa shape index (κ2) is 53.2. The molecule has 6 amide bonds. The van der Waals surface area contributed by atoms with Gasteiger partial charge in [-0.2, -0.15) is 11.8 Å². The van der Waals surface area contributed by atoms with E-state index in [-0.39, 0.29) is 82.7 Å². The molecule has 4 aliphatic heterocycles. The zero-order valence-electron chi connectivity index (χ0n) is 62.1. The molecule has 0 aromatic heterocycles. The first-order valence-electron chi connectivity index (χ1n) is 40.1. The van der Waals surface area contributed by atoms with Gasteiger partial charge in [0.2, 0.25) is 35.4 Å². The first-order chi connectivity index (χ1) is 48.4. The zero-order chi connectivity index (χ0) is 72.7. The number of thioether (sulfide) groups is 1. The van der Waals surface area contributed by atoms with Crippen LogP contribution in [-0.4, -0.2) is 210 Å². The van der Waals surface area contributed by atoms with E-state index in [4.69, 9.17) is 9.47 Å². The summed E-state index contributed by atoms with van der Waals surface area (Å²) in [4.78, 5) is 129. The van der Waals surface area contributed by atoms with Gasteiger partial charge < -0.3 is 65.2 Å². The Morgan fingerprint density at radius 2 is 0.790 bits per heavy atom. The number of aliphatic carboxylic acids is 1. The minimum Gasteiger partial charge on any atom is -0.480 e. The van der Waals surface area contributed by atoms with Crippen LogP contribution >= 0.6 is 11.8 Å². The number of carboxylic acid groups (broad SMARTS) is 1. The third-order valence-corrected chi connectivity index (χ3v) is 21.8. The summed E-state index contributed by atoms with van der Waals surface area (Å²) in [7, 11) is 0. The molecule has 10 atom stereocenters. The molecule has 576 valence electrons. The van der Waals surface area contributed by atoms with E-state index in [1.807, 2.05) is 0 Å². The number of unbranched alkanes of at least 4 members (excludes halogenated alkanes) is 36. The molecule has 100 heavy (non-hydrogen) atoms. The highest BCUT2D eigenvalue weighted by Gasteiger charge is 2.52. The van der Waals surface area contributed by atoms with Crippen LogP contribution in [0.4, 0.5) is 0 Å². The standard InChI is InChI=1S/C77H136N6O16S/c1-4-7-10-13-16-19-22-25-28-31-34-37-40-45-69(88)78-64(58-100-57-62(99-71(90)47-42-39-36-33-30-27-24-21-18-15-12-9-6-3)56-98-70(89)46-41-38-35-32-29-26-23-20-17-14-11-8-5-2)72(91)79-63(55-84)73(92)81-52-59(85)50-67(81)75(94)83-54-61(87)51-68(83)76(95)82-53-60(86)49-66(82)74(93)80-48-43-44-65(80)77(96)97/h59-68,84-87H,4-58H2,1-3H3,(H,78,88)(H,79,91)(H,96,97)/t59?,60?,61?,62?,63-,64-,65-,66-,67-,68-/m0/s1. The van der Waals surface area contributed by atoms with Gasteiger partial charge in [0.1, 0.15) is 49.0 Å². The van der Waals surface area contributed by atoms with Crippen molar-refractivity contribution in [1.29, 1.82) is 0 Å². The number of aliphatic hydroxyl groups excluding tert-OH is 4. The van der Waals surface area contributed by atoms with Crippen molar-refractivity contribution in [2.75, 3.05) is 50.9 Å². The van der Waals surface area contributed by atoms with E-state index in [0.717, 1.165) is 78.9 Å². The number of likely N-dealkylation sites (tertiary alicyclic amines) is 4. The molecule has 0 bridgehead atoms. The van der Waals surface area contributed by atoms with Crippen LogP contribution in [0.2, 0.25) is 0 Å². The molecule has 7 N–H and O–H groups in total. The Bertz CT molecular complexity index is 2340. The van der Waals surface area contributed by atoms with Crippen LogP contribution in [0.25, 0.3) is 0 Å². The van der Waals surface area contributed by atoms with Crippen LogP contribution in [0.5, 0.6) is 0 Å². The summed E-state index contributed by atoms with van der Waals surface area (Å²) >= 11 is 1.18. The maximum absolute atomic E-state index is 14.7. The smallest absolute Gasteiger partial charge is 0.326 e. The Morgan fingerprint density at radius 1 is 0.430 bits per heavy atom. The maximum Gasteiger partial charge on any atom is 0.326 e. The Balaban J connectivity index is 1.43. The highest BCUT2D eigenvalue weighted by molar-refractivity contribution is 7.99. The lowest BCUT2D eigenvalue weighted by Gasteiger charge is -2.35. The van der Waals surface area contributed by atoms with Crippen LogP contribution < -0.4 is 10.6 Å². The predicted molar refractivity (Wildman–Crippen MR) is 391 cm³/mol. The SMILES string of the molecule is CCCCCCCCCCCCCCCC(=O)N[C@@H](CSCC(COC(=O)CCCCCCCCCCCCCCC)OC(=O)CCCCCCCCCCCCCCC)C(=O)N[C@@H](CO)C(=O)N1CC(O)C[C@H]1C(=O)N1CC(O)C[C@H]1C(=O)N1CC(O)C[C@H]1C(=O)N1CCC[C@H]1C(=O)O. The van der Waals surface area contributed by atoms with Gasteiger partial charge in [-0.05, 0) is 32.1 Å². The summed E-state index contributed by atoms with van der Waals surface area (Å²) in [6.45, 7) is 4.62. The molecule has 23 heteroatoms. The molecular formula is C77H136N6O16S. The highest BCUT2D eigenvalue weighted by atomic mass is 32.2. The average Bonchev–Trinajstić information content (AvgIpc) is 1.62. The molecule has 0 aromatic carbocycles. The molecule has 0 radical (unpaired) electrons. The lowest BCUT2D eigenvalue weighted by Crippen LogP contribution is -2.59. The normalized spacial score (nSPS) is 20.8. The second-order valence-corrected chi connectivity index (χ2v) is 30.5. The van der Waals surface area contributed by atoms with E-state index in [0.29, 0.717) is 25.7 Å². The topological polar surface area (TPSA) is 310 Å². The number of ether oxygens (including phenoxy) is 2. The number of rotatable bonds is 58. The van der Waals surface area contributed by atoms with E-state index in [9.17, 15) is 68.7 Å². The van der Waals surface area contributed by atoms with Crippen LogP contribution in [0.15, 0.2) is 0 Å². The number of nitrogens with one attached hydrogen (secondary N) is 2. The summed E-state index contributed by atoms with van der Waals surface area (Å²) in [5.74, 6) is -6.46. The Labute approximate surface area is 604 Å². The van der Waals surface area contributed by atoms with E-state index in [2.05, 4.69) is 31.4 Å². The molecule has 0 spiro atoms. The number of amides is 6. The third kappa shape index (κ3) is 34.8. The number of carbonyl (C=O) groups excluding carboxylic acids is 8. The van der Waals surface area contributed by atoms with E-state index >= 15 is 0 Å².